The van der Waals surface area contributed by atoms with Gasteiger partial charge in [-0.05, 0) is 36.8 Å². The van der Waals surface area contributed by atoms with Gasteiger partial charge in [0.05, 0.1) is 19.0 Å². The summed E-state index contributed by atoms with van der Waals surface area (Å²) in [6.07, 6.45) is 4.49. The molecule has 4 rings (SSSR count). The number of thioether (sulfide) groups is 1. The van der Waals surface area contributed by atoms with E-state index in [4.69, 9.17) is 9.47 Å². The van der Waals surface area contributed by atoms with Crippen molar-refractivity contribution in [2.24, 2.45) is 0 Å². The van der Waals surface area contributed by atoms with Crippen molar-refractivity contribution < 1.29 is 14.3 Å². The van der Waals surface area contributed by atoms with Crippen LogP contribution in [0.3, 0.4) is 0 Å². The molecule has 0 atom stereocenters. The van der Waals surface area contributed by atoms with Crippen molar-refractivity contribution in [3.05, 3.63) is 60.4 Å². The highest BCUT2D eigenvalue weighted by atomic mass is 32.2. The van der Waals surface area contributed by atoms with Crippen LogP contribution in [0.15, 0.2) is 60.0 Å². The Hall–Kier alpha value is -2.93. The monoisotopic (exact) mass is 395 g/mol. The van der Waals surface area contributed by atoms with Crippen LogP contribution >= 0.6 is 11.8 Å². The lowest BCUT2D eigenvalue weighted by atomic mass is 10.2. The first-order valence-electron chi connectivity index (χ1n) is 9.12. The fourth-order valence-corrected chi connectivity index (χ4v) is 3.71. The molecule has 1 aliphatic rings. The van der Waals surface area contributed by atoms with Gasteiger partial charge in [-0.3, -0.25) is 9.36 Å². The number of amides is 1. The smallest absolute Gasteiger partial charge is 0.234 e. The molecular formula is C21H21N3O3S. The maximum Gasteiger partial charge on any atom is 0.234 e. The molecule has 144 valence electrons. The van der Waals surface area contributed by atoms with E-state index in [1.165, 1.54) is 17.3 Å². The lowest BCUT2D eigenvalue weighted by Gasteiger charge is -2.11. The molecule has 0 unspecified atom stereocenters. The highest BCUT2D eigenvalue weighted by Crippen LogP contribution is 2.32. The van der Waals surface area contributed by atoms with Gasteiger partial charge in [-0.1, -0.05) is 23.9 Å². The number of nitrogens with zero attached hydrogens (tertiary/aromatic N) is 2. The lowest BCUT2D eigenvalue weighted by Crippen LogP contribution is -2.14. The number of benzene rings is 2. The van der Waals surface area contributed by atoms with Crippen molar-refractivity contribution in [1.82, 2.24) is 9.55 Å². The second kappa shape index (κ2) is 8.39. The minimum absolute atomic E-state index is 0.0988. The Bertz CT molecular complexity index is 987. The fraction of sp³-hybridized carbons (Fsp3) is 0.238. The van der Waals surface area contributed by atoms with Crippen molar-refractivity contribution in [1.29, 1.82) is 0 Å². The van der Waals surface area contributed by atoms with E-state index < -0.39 is 0 Å². The second-order valence-corrected chi connectivity index (χ2v) is 7.41. The third kappa shape index (κ3) is 4.31. The first kappa shape index (κ1) is 18.4. The van der Waals surface area contributed by atoms with Crippen LogP contribution in [0.5, 0.6) is 11.5 Å². The zero-order valence-corrected chi connectivity index (χ0v) is 16.4. The lowest BCUT2D eigenvalue weighted by molar-refractivity contribution is -0.113. The van der Waals surface area contributed by atoms with Crippen LogP contribution in [0.4, 0.5) is 5.69 Å². The Labute approximate surface area is 167 Å². The van der Waals surface area contributed by atoms with Crippen LogP contribution in [-0.2, 0) is 4.79 Å². The molecule has 0 spiro atoms. The number of ether oxygens (including phenoxy) is 2. The van der Waals surface area contributed by atoms with Crippen LogP contribution in [-0.4, -0.2) is 34.4 Å². The van der Waals surface area contributed by atoms with Crippen LogP contribution in [0, 0.1) is 6.92 Å². The number of hydrogen-bond donors (Lipinski definition) is 1. The summed E-state index contributed by atoms with van der Waals surface area (Å²) in [4.78, 5) is 16.8. The normalized spacial score (nSPS) is 13.0. The maximum absolute atomic E-state index is 12.4. The average Bonchev–Trinajstić information content (AvgIpc) is 3.04. The Morgan fingerprint density at radius 1 is 1.18 bits per heavy atom. The van der Waals surface area contributed by atoms with E-state index in [1.54, 1.807) is 12.3 Å². The molecule has 0 bridgehead atoms. The number of aryl methyl sites for hydroxylation is 1. The van der Waals surface area contributed by atoms with Gasteiger partial charge < -0.3 is 14.8 Å². The van der Waals surface area contributed by atoms with E-state index in [0.717, 1.165) is 17.3 Å². The van der Waals surface area contributed by atoms with Crippen LogP contribution in [0.25, 0.3) is 5.69 Å². The molecule has 0 radical (unpaired) electrons. The SMILES string of the molecule is Cc1cccc(-n2ccnc2SCC(=O)Nc2ccc3c(c2)OCCCO3)c1. The number of anilines is 1. The number of rotatable bonds is 5. The quantitative estimate of drug-likeness (QED) is 0.660. The molecule has 0 fully saturated rings. The minimum Gasteiger partial charge on any atom is -0.490 e. The Balaban J connectivity index is 1.39. The van der Waals surface area contributed by atoms with Gasteiger partial charge in [-0.2, -0.15) is 0 Å². The summed E-state index contributed by atoms with van der Waals surface area (Å²) in [5.41, 5.74) is 2.90. The van der Waals surface area contributed by atoms with Gasteiger partial charge in [-0.25, -0.2) is 4.98 Å². The zero-order chi connectivity index (χ0) is 19.3. The van der Waals surface area contributed by atoms with Gasteiger partial charge in [0.25, 0.3) is 0 Å². The number of fused-ring (bicyclic) bond motifs is 1. The number of nitrogens with one attached hydrogen (secondary N) is 1. The van der Waals surface area contributed by atoms with Crippen LogP contribution in [0.1, 0.15) is 12.0 Å². The number of carbonyl (C=O) groups excluding carboxylic acids is 1. The van der Waals surface area contributed by atoms with Gasteiger partial charge in [0.1, 0.15) is 0 Å². The molecule has 1 aromatic heterocycles. The van der Waals surface area contributed by atoms with Gasteiger partial charge in [-0.15, -0.1) is 0 Å². The van der Waals surface area contributed by atoms with E-state index in [0.29, 0.717) is 30.4 Å². The van der Waals surface area contributed by atoms with E-state index in [-0.39, 0.29) is 11.7 Å². The molecular weight excluding hydrogens is 374 g/mol. The van der Waals surface area contributed by atoms with Gasteiger partial charge >= 0.3 is 0 Å². The summed E-state index contributed by atoms with van der Waals surface area (Å²) in [5.74, 6) is 1.54. The van der Waals surface area contributed by atoms with Gasteiger partial charge in [0, 0.05) is 36.3 Å². The van der Waals surface area contributed by atoms with E-state index in [1.807, 2.05) is 35.0 Å². The Morgan fingerprint density at radius 3 is 2.89 bits per heavy atom. The highest BCUT2D eigenvalue weighted by molar-refractivity contribution is 7.99. The largest absolute Gasteiger partial charge is 0.490 e. The average molecular weight is 395 g/mol. The van der Waals surface area contributed by atoms with Crippen molar-refractivity contribution in [2.45, 2.75) is 18.5 Å². The molecule has 0 saturated heterocycles. The standard InChI is InChI=1S/C21H21N3O3S/c1-15-4-2-5-17(12-15)24-9-8-22-21(24)28-14-20(25)23-16-6-7-18-19(13-16)27-11-3-10-26-18/h2,4-9,12-13H,3,10-11,14H2,1H3,(H,23,25). The topological polar surface area (TPSA) is 65.4 Å². The predicted molar refractivity (Wildman–Crippen MR) is 110 cm³/mol. The summed E-state index contributed by atoms with van der Waals surface area (Å²) in [5, 5.41) is 3.69. The third-order valence-electron chi connectivity index (χ3n) is 4.25. The Morgan fingerprint density at radius 2 is 2.04 bits per heavy atom. The maximum atomic E-state index is 12.4. The Kier molecular flexibility index (Phi) is 5.53. The molecule has 6 nitrogen and oxygen atoms in total. The zero-order valence-electron chi connectivity index (χ0n) is 15.6. The van der Waals surface area contributed by atoms with Gasteiger partial charge in [0.2, 0.25) is 5.91 Å². The van der Waals surface area contributed by atoms with Crippen LogP contribution < -0.4 is 14.8 Å². The molecule has 2 aromatic carbocycles. The molecule has 0 saturated carbocycles. The third-order valence-corrected chi connectivity index (χ3v) is 5.22. The molecule has 1 aliphatic heterocycles. The molecule has 28 heavy (non-hydrogen) atoms. The number of carbonyl (C=O) groups is 1. The predicted octanol–water partition coefficient (Wildman–Crippen LogP) is 4.07. The van der Waals surface area contributed by atoms with Crippen molar-refractivity contribution in [2.75, 3.05) is 24.3 Å². The first-order chi connectivity index (χ1) is 13.7. The fourth-order valence-electron chi connectivity index (χ4n) is 2.94. The van der Waals surface area contributed by atoms with E-state index in [2.05, 4.69) is 29.4 Å². The van der Waals surface area contributed by atoms with E-state index >= 15 is 0 Å². The molecule has 3 aromatic rings. The van der Waals surface area contributed by atoms with E-state index in [9.17, 15) is 4.79 Å². The molecule has 1 amide bonds. The molecule has 0 aliphatic carbocycles. The summed E-state index contributed by atoms with van der Waals surface area (Å²) < 4.78 is 13.3. The van der Waals surface area contributed by atoms with Crippen LogP contribution in [0.2, 0.25) is 0 Å². The molecule has 1 N–H and O–H groups in total. The minimum atomic E-state index is -0.0988. The summed E-state index contributed by atoms with van der Waals surface area (Å²) in [7, 11) is 0. The van der Waals surface area contributed by atoms with Crippen molar-refractivity contribution in [3.8, 4) is 17.2 Å². The highest BCUT2D eigenvalue weighted by Gasteiger charge is 2.13. The van der Waals surface area contributed by atoms with Gasteiger partial charge in [0.15, 0.2) is 16.7 Å². The molecule has 2 heterocycles. The number of aromatic nitrogens is 2. The summed E-state index contributed by atoms with van der Waals surface area (Å²) in [6, 6.07) is 13.6. The second-order valence-electron chi connectivity index (χ2n) is 6.47. The van der Waals surface area contributed by atoms with Crippen molar-refractivity contribution >= 4 is 23.4 Å². The van der Waals surface area contributed by atoms with Crippen molar-refractivity contribution in [3.63, 3.8) is 0 Å². The summed E-state index contributed by atoms with van der Waals surface area (Å²) in [6.45, 7) is 3.31. The summed E-state index contributed by atoms with van der Waals surface area (Å²) >= 11 is 1.40. The number of imidazole rings is 1. The number of hydrogen-bond acceptors (Lipinski definition) is 5. The molecule has 7 heteroatoms. The first-order valence-corrected chi connectivity index (χ1v) is 10.1.